The van der Waals surface area contributed by atoms with Crippen LogP contribution in [0.25, 0.3) is 5.69 Å². The molecule has 2 aromatic heterocycles. The van der Waals surface area contributed by atoms with Gasteiger partial charge in [-0.25, -0.2) is 9.07 Å². The minimum absolute atomic E-state index is 0.0324. The number of pyridine rings is 1. The maximum absolute atomic E-state index is 13.3. The van der Waals surface area contributed by atoms with Gasteiger partial charge in [0, 0.05) is 19.0 Å². The average Bonchev–Trinajstić information content (AvgIpc) is 2.91. The van der Waals surface area contributed by atoms with Crippen LogP contribution < -0.4 is 4.90 Å². The summed E-state index contributed by atoms with van der Waals surface area (Å²) in [4.78, 5) is 17.1. The van der Waals surface area contributed by atoms with Gasteiger partial charge in [-0.3, -0.25) is 9.78 Å². The van der Waals surface area contributed by atoms with Gasteiger partial charge in [0.1, 0.15) is 5.82 Å². The van der Waals surface area contributed by atoms with Gasteiger partial charge < -0.3 is 4.90 Å². The van der Waals surface area contributed by atoms with Crippen molar-refractivity contribution in [2.45, 2.75) is 25.9 Å². The van der Waals surface area contributed by atoms with Gasteiger partial charge in [0.05, 0.1) is 42.1 Å². The maximum Gasteiger partial charge on any atom is 0.389 e. The van der Waals surface area contributed by atoms with Crippen molar-refractivity contribution in [1.82, 2.24) is 14.8 Å². The number of aryl methyl sites for hydroxylation is 1. The number of rotatable bonds is 6. The second kappa shape index (κ2) is 7.45. The largest absolute Gasteiger partial charge is 0.389 e. The minimum atomic E-state index is -4.41. The lowest BCUT2D eigenvalue weighted by Gasteiger charge is -2.20. The Morgan fingerprint density at radius 3 is 2.72 bits per heavy atom. The van der Waals surface area contributed by atoms with Crippen LogP contribution in [-0.4, -0.2) is 33.4 Å². The van der Waals surface area contributed by atoms with Crippen LogP contribution in [-0.2, 0) is 4.79 Å². The standard InChI is InChI=1S/C16H16F4N4O/c1-3-6-23(15(25)4-5-16(18,19)20)14-10-24(22-11(14)2)13-7-12(17)8-21-9-13/h3,7-10H,1,4-6H2,2H3. The normalized spacial score (nSPS) is 11.4. The lowest BCUT2D eigenvalue weighted by molar-refractivity contribution is -0.143. The number of halogens is 4. The molecule has 0 aromatic carbocycles. The highest BCUT2D eigenvalue weighted by Gasteiger charge is 2.30. The van der Waals surface area contributed by atoms with Crippen molar-refractivity contribution in [1.29, 1.82) is 0 Å². The van der Waals surface area contributed by atoms with Crippen LogP contribution in [0.15, 0.2) is 37.3 Å². The first-order chi connectivity index (χ1) is 11.7. The number of carbonyl (C=O) groups excluding carboxylic acids is 1. The van der Waals surface area contributed by atoms with E-state index in [9.17, 15) is 22.4 Å². The lowest BCUT2D eigenvalue weighted by atomic mass is 10.2. The summed E-state index contributed by atoms with van der Waals surface area (Å²) in [6.45, 7) is 5.16. The van der Waals surface area contributed by atoms with Gasteiger partial charge in [-0.1, -0.05) is 6.08 Å². The summed E-state index contributed by atoms with van der Waals surface area (Å²) in [5, 5.41) is 4.18. The molecule has 0 fully saturated rings. The zero-order chi connectivity index (χ0) is 18.6. The van der Waals surface area contributed by atoms with E-state index < -0.39 is 30.7 Å². The fourth-order valence-electron chi connectivity index (χ4n) is 2.22. The zero-order valence-corrected chi connectivity index (χ0v) is 13.4. The first kappa shape index (κ1) is 18.6. The summed E-state index contributed by atoms with van der Waals surface area (Å²) < 4.78 is 51.7. The molecule has 5 nitrogen and oxygen atoms in total. The van der Waals surface area contributed by atoms with Crippen LogP contribution in [0, 0.1) is 12.7 Å². The summed E-state index contributed by atoms with van der Waals surface area (Å²) in [5.74, 6) is -1.26. The number of alkyl halides is 3. The van der Waals surface area contributed by atoms with Crippen molar-refractivity contribution in [2.75, 3.05) is 11.4 Å². The molecule has 0 saturated heterocycles. The first-order valence-electron chi connectivity index (χ1n) is 7.36. The van der Waals surface area contributed by atoms with Crippen LogP contribution in [0.2, 0.25) is 0 Å². The first-order valence-corrected chi connectivity index (χ1v) is 7.36. The van der Waals surface area contributed by atoms with Crippen molar-refractivity contribution in [3.8, 4) is 5.69 Å². The molecular formula is C16H16F4N4O. The molecule has 0 atom stereocenters. The summed E-state index contributed by atoms with van der Waals surface area (Å²) in [5.41, 5.74) is 1.07. The molecule has 2 aromatic rings. The van der Waals surface area contributed by atoms with Crippen molar-refractivity contribution in [3.63, 3.8) is 0 Å². The Hall–Kier alpha value is -2.71. The molecule has 1 amide bonds. The predicted octanol–water partition coefficient (Wildman–Crippen LogP) is 3.58. The van der Waals surface area contributed by atoms with Gasteiger partial charge in [0.25, 0.3) is 0 Å². The third-order valence-electron chi connectivity index (χ3n) is 3.35. The maximum atomic E-state index is 13.3. The lowest BCUT2D eigenvalue weighted by Crippen LogP contribution is -2.32. The Morgan fingerprint density at radius 1 is 1.40 bits per heavy atom. The Bertz CT molecular complexity index is 770. The van der Waals surface area contributed by atoms with E-state index in [0.717, 1.165) is 6.20 Å². The molecule has 2 rings (SSSR count). The smallest absolute Gasteiger partial charge is 0.305 e. The molecule has 0 N–H and O–H groups in total. The van der Waals surface area contributed by atoms with E-state index in [1.165, 1.54) is 34.1 Å². The van der Waals surface area contributed by atoms with Crippen LogP contribution >= 0.6 is 0 Å². The van der Waals surface area contributed by atoms with Crippen molar-refractivity contribution in [2.24, 2.45) is 0 Å². The van der Waals surface area contributed by atoms with Crippen LogP contribution in [0.4, 0.5) is 23.2 Å². The van der Waals surface area contributed by atoms with Gasteiger partial charge in [-0.05, 0) is 6.92 Å². The highest BCUT2D eigenvalue weighted by Crippen LogP contribution is 2.25. The van der Waals surface area contributed by atoms with Gasteiger partial charge in [0.15, 0.2) is 0 Å². The van der Waals surface area contributed by atoms with E-state index in [0.29, 0.717) is 17.1 Å². The highest BCUT2D eigenvalue weighted by molar-refractivity contribution is 5.94. The summed E-state index contributed by atoms with van der Waals surface area (Å²) in [7, 11) is 0. The molecule has 0 radical (unpaired) electrons. The monoisotopic (exact) mass is 356 g/mol. The summed E-state index contributed by atoms with van der Waals surface area (Å²) in [6, 6.07) is 1.20. The van der Waals surface area contributed by atoms with E-state index in [4.69, 9.17) is 0 Å². The van der Waals surface area contributed by atoms with E-state index in [1.54, 1.807) is 6.92 Å². The number of hydrogen-bond donors (Lipinski definition) is 0. The average molecular weight is 356 g/mol. The number of carbonyl (C=O) groups is 1. The van der Waals surface area contributed by atoms with E-state index in [2.05, 4.69) is 16.7 Å². The highest BCUT2D eigenvalue weighted by atomic mass is 19.4. The number of hydrogen-bond acceptors (Lipinski definition) is 3. The molecule has 0 saturated carbocycles. The van der Waals surface area contributed by atoms with Crippen molar-refractivity contribution >= 4 is 11.6 Å². The molecule has 2 heterocycles. The molecule has 25 heavy (non-hydrogen) atoms. The molecule has 9 heteroatoms. The number of amides is 1. The summed E-state index contributed by atoms with van der Waals surface area (Å²) >= 11 is 0. The Kier molecular flexibility index (Phi) is 5.55. The van der Waals surface area contributed by atoms with Gasteiger partial charge in [0.2, 0.25) is 5.91 Å². The summed E-state index contributed by atoms with van der Waals surface area (Å²) in [6.07, 6.45) is -1.03. The molecule has 0 aliphatic carbocycles. The molecule has 0 unspecified atom stereocenters. The minimum Gasteiger partial charge on any atom is -0.305 e. The van der Waals surface area contributed by atoms with Crippen molar-refractivity contribution < 1.29 is 22.4 Å². The molecule has 134 valence electrons. The predicted molar refractivity (Wildman–Crippen MR) is 83.9 cm³/mol. The second-order valence-electron chi connectivity index (χ2n) is 5.31. The topological polar surface area (TPSA) is 51.0 Å². The van der Waals surface area contributed by atoms with E-state index >= 15 is 0 Å². The SMILES string of the molecule is C=CCN(C(=O)CCC(F)(F)F)c1cn(-c2cncc(F)c2)nc1C. The second-order valence-corrected chi connectivity index (χ2v) is 5.31. The molecular weight excluding hydrogens is 340 g/mol. The van der Waals surface area contributed by atoms with Gasteiger partial charge in [-0.2, -0.15) is 18.3 Å². The van der Waals surface area contributed by atoms with E-state index in [-0.39, 0.29) is 6.54 Å². The van der Waals surface area contributed by atoms with Crippen LogP contribution in [0.5, 0.6) is 0 Å². The van der Waals surface area contributed by atoms with Gasteiger partial charge >= 0.3 is 6.18 Å². The molecule has 0 bridgehead atoms. The quantitative estimate of drug-likeness (QED) is 0.587. The van der Waals surface area contributed by atoms with Gasteiger partial charge in [-0.15, -0.1) is 6.58 Å². The number of anilines is 1. The fraction of sp³-hybridized carbons (Fsp3) is 0.312. The van der Waals surface area contributed by atoms with Crippen LogP contribution in [0.1, 0.15) is 18.5 Å². The third-order valence-corrected chi connectivity index (χ3v) is 3.35. The van der Waals surface area contributed by atoms with E-state index in [1.807, 2.05) is 0 Å². The Labute approximate surface area is 141 Å². The Morgan fingerprint density at radius 2 is 2.12 bits per heavy atom. The fourth-order valence-corrected chi connectivity index (χ4v) is 2.22. The van der Waals surface area contributed by atoms with Crippen LogP contribution in [0.3, 0.4) is 0 Å². The van der Waals surface area contributed by atoms with Crippen molar-refractivity contribution in [3.05, 3.63) is 48.8 Å². The Balaban J connectivity index is 2.29. The molecule has 0 aliphatic heterocycles. The zero-order valence-electron chi connectivity index (χ0n) is 13.4. The molecule has 0 spiro atoms. The molecule has 0 aliphatic rings. The third kappa shape index (κ3) is 4.88. The number of aromatic nitrogens is 3. The number of nitrogens with zero attached hydrogens (tertiary/aromatic N) is 4.